The highest BCUT2D eigenvalue weighted by Gasteiger charge is 2.11. The van der Waals surface area contributed by atoms with Crippen molar-refractivity contribution in [3.63, 3.8) is 0 Å². The summed E-state index contributed by atoms with van der Waals surface area (Å²) in [5.74, 6) is 0.370. The van der Waals surface area contributed by atoms with Crippen LogP contribution in [0.25, 0.3) is 5.65 Å². The number of nitrogens with zero attached hydrogens (tertiary/aromatic N) is 2. The van der Waals surface area contributed by atoms with Crippen molar-refractivity contribution in [2.75, 3.05) is 7.11 Å². The van der Waals surface area contributed by atoms with Gasteiger partial charge in [0.05, 0.1) is 19.2 Å². The molecule has 2 aromatic heterocycles. The number of thioether (sulfide) groups is 1. The minimum Gasteiger partial charge on any atom is -0.469 e. The van der Waals surface area contributed by atoms with Crippen LogP contribution in [0.2, 0.25) is 0 Å². The zero-order valence-electron chi connectivity index (χ0n) is 12.3. The van der Waals surface area contributed by atoms with Crippen molar-refractivity contribution < 1.29 is 9.53 Å². The maximum Gasteiger partial charge on any atom is 0.306 e. The van der Waals surface area contributed by atoms with E-state index in [4.69, 9.17) is 0 Å². The van der Waals surface area contributed by atoms with E-state index in [2.05, 4.69) is 9.72 Å². The van der Waals surface area contributed by atoms with Crippen molar-refractivity contribution in [1.82, 2.24) is 9.38 Å². The highest BCUT2D eigenvalue weighted by atomic mass is 32.2. The fourth-order valence-corrected chi connectivity index (χ4v) is 2.79. The largest absolute Gasteiger partial charge is 0.469 e. The third-order valence-corrected chi connectivity index (χ3v) is 4.26. The highest BCUT2D eigenvalue weighted by molar-refractivity contribution is 7.99. The smallest absolute Gasteiger partial charge is 0.306 e. The van der Waals surface area contributed by atoms with Crippen LogP contribution in [-0.4, -0.2) is 27.7 Å². The number of methoxy groups -OCH3 is 1. The van der Waals surface area contributed by atoms with Gasteiger partial charge in [-0.05, 0) is 18.6 Å². The van der Waals surface area contributed by atoms with Gasteiger partial charge in [0.1, 0.15) is 5.65 Å². The molecule has 0 saturated carbocycles. The van der Waals surface area contributed by atoms with Crippen LogP contribution in [0.5, 0.6) is 0 Å². The maximum atomic E-state index is 12.1. The van der Waals surface area contributed by atoms with E-state index < -0.39 is 0 Å². The third-order valence-electron chi connectivity index (χ3n) is 3.06. The molecule has 0 saturated heterocycles. The van der Waals surface area contributed by atoms with Gasteiger partial charge >= 0.3 is 5.97 Å². The van der Waals surface area contributed by atoms with Crippen molar-refractivity contribution in [1.29, 1.82) is 0 Å². The molecule has 0 aliphatic heterocycles. The van der Waals surface area contributed by atoms with Gasteiger partial charge in [0.25, 0.3) is 5.56 Å². The van der Waals surface area contributed by atoms with E-state index in [1.165, 1.54) is 7.11 Å². The Morgan fingerprint density at radius 2 is 2.24 bits per heavy atom. The molecule has 2 aromatic rings. The number of hydrogen-bond donors (Lipinski definition) is 0. The molecule has 0 amide bonds. The van der Waals surface area contributed by atoms with Crippen LogP contribution in [0.3, 0.4) is 0 Å². The monoisotopic (exact) mass is 306 g/mol. The fraction of sp³-hybridized carbons (Fsp3) is 0.400. The predicted molar refractivity (Wildman–Crippen MR) is 83.6 cm³/mol. The molecule has 5 nitrogen and oxygen atoms in total. The number of pyridine rings is 1. The molecule has 0 bridgehead atoms. The molecule has 6 heteroatoms. The molecule has 0 spiro atoms. The molecule has 2 heterocycles. The van der Waals surface area contributed by atoms with Gasteiger partial charge in [-0.1, -0.05) is 13.0 Å². The summed E-state index contributed by atoms with van der Waals surface area (Å²) in [5.41, 5.74) is 2.30. The molecule has 2 rings (SSSR count). The lowest BCUT2D eigenvalue weighted by Gasteiger charge is -2.10. The molecule has 0 N–H and O–H groups in total. The van der Waals surface area contributed by atoms with Gasteiger partial charge in [-0.2, -0.15) is 11.8 Å². The average Bonchev–Trinajstić information content (AvgIpc) is 2.45. The first-order valence-corrected chi connectivity index (χ1v) is 7.72. The number of esters is 1. The maximum absolute atomic E-state index is 12.1. The molecular formula is C15H18N2O3S. The number of ether oxygens (including phenoxy) is 1. The van der Waals surface area contributed by atoms with Crippen LogP contribution in [0.15, 0.2) is 29.2 Å². The second-order valence-corrected chi connectivity index (χ2v) is 6.35. The van der Waals surface area contributed by atoms with Gasteiger partial charge in [0.2, 0.25) is 0 Å². The summed E-state index contributed by atoms with van der Waals surface area (Å²) in [6.45, 7) is 3.89. The molecule has 0 aliphatic rings. The Morgan fingerprint density at radius 3 is 2.95 bits per heavy atom. The molecule has 21 heavy (non-hydrogen) atoms. The number of aromatic nitrogens is 2. The van der Waals surface area contributed by atoms with E-state index in [9.17, 15) is 9.59 Å². The minimum atomic E-state index is -0.225. The second kappa shape index (κ2) is 6.76. The minimum absolute atomic E-state index is 0.0834. The van der Waals surface area contributed by atoms with Crippen molar-refractivity contribution in [3.05, 3.63) is 46.0 Å². The first kappa shape index (κ1) is 15.6. The molecule has 1 atom stereocenters. The molecule has 112 valence electrons. The second-order valence-electron chi connectivity index (χ2n) is 4.92. The van der Waals surface area contributed by atoms with Crippen molar-refractivity contribution >= 4 is 23.4 Å². The third kappa shape index (κ3) is 4.07. The van der Waals surface area contributed by atoms with Crippen molar-refractivity contribution in [2.24, 2.45) is 0 Å². The normalized spacial score (nSPS) is 12.3. The SMILES string of the molecule is COC(=O)CC(C)SCc1cc(=O)n2cc(C)ccc2n1. The molecule has 0 aliphatic carbocycles. The van der Waals surface area contributed by atoms with Crippen LogP contribution < -0.4 is 5.56 Å². The number of fused-ring (bicyclic) bond motifs is 1. The topological polar surface area (TPSA) is 60.7 Å². The summed E-state index contributed by atoms with van der Waals surface area (Å²) in [5, 5.41) is 0.121. The van der Waals surface area contributed by atoms with Crippen molar-refractivity contribution in [2.45, 2.75) is 31.3 Å². The summed E-state index contributed by atoms with van der Waals surface area (Å²) in [7, 11) is 1.38. The standard InChI is InChI=1S/C15H18N2O3S/c1-10-4-5-13-16-12(7-14(18)17(13)8-10)9-21-11(2)6-15(19)20-3/h4-5,7-8,11H,6,9H2,1-3H3. The Kier molecular flexibility index (Phi) is 5.01. The van der Waals surface area contributed by atoms with E-state index in [1.54, 1.807) is 28.4 Å². The number of carbonyl (C=O) groups excluding carboxylic acids is 1. The molecular weight excluding hydrogens is 288 g/mol. The van der Waals surface area contributed by atoms with Gasteiger partial charge in [-0.15, -0.1) is 0 Å². The lowest BCUT2D eigenvalue weighted by molar-refractivity contribution is -0.140. The predicted octanol–water partition coefficient (Wildman–Crippen LogP) is 2.19. The Balaban J connectivity index is 2.11. The van der Waals surface area contributed by atoms with Gasteiger partial charge in [-0.25, -0.2) is 4.98 Å². The summed E-state index contributed by atoms with van der Waals surface area (Å²) in [4.78, 5) is 27.7. The average molecular weight is 306 g/mol. The molecule has 0 radical (unpaired) electrons. The number of hydrogen-bond acceptors (Lipinski definition) is 5. The summed E-state index contributed by atoms with van der Waals surface area (Å²) in [6, 6.07) is 5.31. The van der Waals surface area contributed by atoms with Gasteiger partial charge in [0.15, 0.2) is 0 Å². The lowest BCUT2D eigenvalue weighted by Crippen LogP contribution is -2.16. The van der Waals surface area contributed by atoms with Crippen LogP contribution in [0, 0.1) is 6.92 Å². The van der Waals surface area contributed by atoms with Gasteiger partial charge in [0, 0.05) is 23.3 Å². The molecule has 1 unspecified atom stereocenters. The lowest BCUT2D eigenvalue weighted by atomic mass is 10.3. The number of aryl methyl sites for hydroxylation is 1. The van der Waals surface area contributed by atoms with Gasteiger partial charge in [-0.3, -0.25) is 14.0 Å². The summed E-state index contributed by atoms with van der Waals surface area (Å²) < 4.78 is 6.18. The van der Waals surface area contributed by atoms with Crippen molar-refractivity contribution in [3.8, 4) is 0 Å². The van der Waals surface area contributed by atoms with E-state index in [-0.39, 0.29) is 16.8 Å². The Hall–Kier alpha value is -1.82. The van der Waals surface area contributed by atoms with E-state index in [1.807, 2.05) is 26.0 Å². The van der Waals surface area contributed by atoms with Crippen LogP contribution in [-0.2, 0) is 15.3 Å². The fourth-order valence-electron chi connectivity index (χ4n) is 1.94. The zero-order chi connectivity index (χ0) is 15.4. The summed E-state index contributed by atoms with van der Waals surface area (Å²) >= 11 is 1.58. The highest BCUT2D eigenvalue weighted by Crippen LogP contribution is 2.19. The summed E-state index contributed by atoms with van der Waals surface area (Å²) in [6.07, 6.45) is 2.13. The van der Waals surface area contributed by atoms with Crippen LogP contribution >= 0.6 is 11.8 Å². The quantitative estimate of drug-likeness (QED) is 0.792. The number of rotatable bonds is 5. The Labute approximate surface area is 127 Å². The first-order chi connectivity index (χ1) is 9.99. The van der Waals surface area contributed by atoms with E-state index in [0.717, 1.165) is 11.3 Å². The Bertz CT molecular complexity index is 712. The van der Waals surface area contributed by atoms with E-state index >= 15 is 0 Å². The molecule has 0 aromatic carbocycles. The number of carbonyl (C=O) groups is 1. The van der Waals surface area contributed by atoms with E-state index in [0.29, 0.717) is 17.8 Å². The Morgan fingerprint density at radius 1 is 1.48 bits per heavy atom. The van der Waals surface area contributed by atoms with Crippen LogP contribution in [0.1, 0.15) is 24.6 Å². The first-order valence-electron chi connectivity index (χ1n) is 6.67. The van der Waals surface area contributed by atoms with Gasteiger partial charge < -0.3 is 4.74 Å². The zero-order valence-corrected chi connectivity index (χ0v) is 13.1. The molecule has 0 fully saturated rings. The van der Waals surface area contributed by atoms with Crippen LogP contribution in [0.4, 0.5) is 0 Å².